The van der Waals surface area contributed by atoms with Crippen LogP contribution in [0.1, 0.15) is 51.4 Å². The van der Waals surface area contributed by atoms with Gasteiger partial charge >= 0.3 is 0 Å². The molecule has 2 amide bonds. The van der Waals surface area contributed by atoms with Gasteiger partial charge in [-0.2, -0.15) is 0 Å². The standard InChI is InChI=1S/C15H27N3O2/c16-13-5-3-12(4-6-13)11-14(19)17-8-7-15(20)18-9-1-2-10-18/h12-13H,1-11,16H2,(H,17,19). The fourth-order valence-corrected chi connectivity index (χ4v) is 3.16. The summed E-state index contributed by atoms with van der Waals surface area (Å²) in [4.78, 5) is 25.5. The minimum atomic E-state index is 0.0830. The predicted molar refractivity (Wildman–Crippen MR) is 78.0 cm³/mol. The molecule has 0 unspecified atom stereocenters. The lowest BCUT2D eigenvalue weighted by Crippen LogP contribution is -2.34. The summed E-state index contributed by atoms with van der Waals surface area (Å²) in [6, 6.07) is 0.326. The van der Waals surface area contributed by atoms with E-state index in [-0.39, 0.29) is 11.8 Å². The number of carbonyl (C=O) groups is 2. The first-order valence-corrected chi connectivity index (χ1v) is 7.95. The second-order valence-corrected chi connectivity index (χ2v) is 6.17. The second-order valence-electron chi connectivity index (χ2n) is 6.17. The largest absolute Gasteiger partial charge is 0.356 e. The third-order valence-electron chi connectivity index (χ3n) is 4.49. The molecule has 1 heterocycles. The van der Waals surface area contributed by atoms with Crippen molar-refractivity contribution in [2.24, 2.45) is 11.7 Å². The number of nitrogens with zero attached hydrogens (tertiary/aromatic N) is 1. The number of likely N-dealkylation sites (tertiary alicyclic amines) is 1. The molecule has 20 heavy (non-hydrogen) atoms. The highest BCUT2D eigenvalue weighted by Crippen LogP contribution is 2.25. The van der Waals surface area contributed by atoms with Crippen LogP contribution < -0.4 is 11.1 Å². The van der Waals surface area contributed by atoms with E-state index in [1.165, 1.54) is 0 Å². The van der Waals surface area contributed by atoms with E-state index in [1.54, 1.807) is 0 Å². The molecule has 0 aromatic rings. The molecule has 114 valence electrons. The van der Waals surface area contributed by atoms with Crippen LogP contribution in [0.5, 0.6) is 0 Å². The molecular weight excluding hydrogens is 254 g/mol. The van der Waals surface area contributed by atoms with E-state index in [2.05, 4.69) is 5.32 Å². The Kier molecular flexibility index (Phi) is 5.83. The van der Waals surface area contributed by atoms with Gasteiger partial charge in [0.15, 0.2) is 0 Å². The summed E-state index contributed by atoms with van der Waals surface area (Å²) in [6.45, 7) is 2.24. The molecule has 0 aromatic heterocycles. The van der Waals surface area contributed by atoms with Gasteiger partial charge in [-0.3, -0.25) is 9.59 Å². The quantitative estimate of drug-likeness (QED) is 0.790. The van der Waals surface area contributed by atoms with Crippen molar-refractivity contribution in [3.05, 3.63) is 0 Å². The Morgan fingerprint density at radius 2 is 1.75 bits per heavy atom. The Labute approximate surface area is 121 Å². The number of nitrogens with one attached hydrogen (secondary N) is 1. The first kappa shape index (κ1) is 15.3. The number of hydrogen-bond acceptors (Lipinski definition) is 3. The van der Waals surface area contributed by atoms with Crippen LogP contribution >= 0.6 is 0 Å². The van der Waals surface area contributed by atoms with Gasteiger partial charge in [0.25, 0.3) is 0 Å². The van der Waals surface area contributed by atoms with E-state index in [0.29, 0.717) is 31.3 Å². The zero-order valence-electron chi connectivity index (χ0n) is 12.3. The van der Waals surface area contributed by atoms with Crippen molar-refractivity contribution in [3.8, 4) is 0 Å². The van der Waals surface area contributed by atoms with Crippen LogP contribution in [0.3, 0.4) is 0 Å². The summed E-state index contributed by atoms with van der Waals surface area (Å²) in [7, 11) is 0. The van der Waals surface area contributed by atoms with E-state index in [1.807, 2.05) is 4.90 Å². The van der Waals surface area contributed by atoms with Crippen LogP contribution in [0, 0.1) is 5.92 Å². The average Bonchev–Trinajstić information content (AvgIpc) is 2.95. The van der Waals surface area contributed by atoms with Gasteiger partial charge in [0.2, 0.25) is 11.8 Å². The summed E-state index contributed by atoms with van der Waals surface area (Å²) < 4.78 is 0. The van der Waals surface area contributed by atoms with Crippen LogP contribution in [0.25, 0.3) is 0 Å². The third-order valence-corrected chi connectivity index (χ3v) is 4.49. The number of amides is 2. The van der Waals surface area contributed by atoms with Gasteiger partial charge in [-0.05, 0) is 44.4 Å². The Morgan fingerprint density at radius 3 is 2.40 bits per heavy atom. The molecule has 5 heteroatoms. The molecule has 2 fully saturated rings. The maximum absolute atomic E-state index is 11.8. The Bertz CT molecular complexity index is 332. The lowest BCUT2D eigenvalue weighted by molar-refractivity contribution is -0.130. The van der Waals surface area contributed by atoms with Crippen LogP contribution in [0.15, 0.2) is 0 Å². The van der Waals surface area contributed by atoms with Crippen molar-refractivity contribution in [3.63, 3.8) is 0 Å². The molecule has 0 radical (unpaired) electrons. The monoisotopic (exact) mass is 281 g/mol. The summed E-state index contributed by atoms with van der Waals surface area (Å²) in [6.07, 6.45) is 7.43. The molecule has 0 bridgehead atoms. The minimum absolute atomic E-state index is 0.0830. The third kappa shape index (κ3) is 4.78. The van der Waals surface area contributed by atoms with Crippen LogP contribution in [0.2, 0.25) is 0 Å². The summed E-state index contributed by atoms with van der Waals surface area (Å²) in [5, 5.41) is 2.88. The molecule has 1 aliphatic heterocycles. The van der Waals surface area contributed by atoms with Gasteiger partial charge < -0.3 is 16.0 Å². The first-order chi connectivity index (χ1) is 9.65. The lowest BCUT2D eigenvalue weighted by Gasteiger charge is -2.25. The molecule has 1 saturated heterocycles. The fourth-order valence-electron chi connectivity index (χ4n) is 3.16. The topological polar surface area (TPSA) is 75.4 Å². The van der Waals surface area contributed by atoms with Crippen molar-refractivity contribution >= 4 is 11.8 Å². The van der Waals surface area contributed by atoms with Gasteiger partial charge in [-0.15, -0.1) is 0 Å². The number of carbonyl (C=O) groups excluding carboxylic acids is 2. The van der Waals surface area contributed by atoms with E-state index in [4.69, 9.17) is 5.73 Å². The zero-order valence-corrected chi connectivity index (χ0v) is 12.3. The Balaban J connectivity index is 1.56. The van der Waals surface area contributed by atoms with E-state index >= 15 is 0 Å². The molecule has 5 nitrogen and oxygen atoms in total. The zero-order chi connectivity index (χ0) is 14.4. The van der Waals surface area contributed by atoms with Crippen molar-refractivity contribution in [1.29, 1.82) is 0 Å². The Hall–Kier alpha value is -1.10. The summed E-state index contributed by atoms with van der Waals surface area (Å²) in [5.41, 5.74) is 5.86. The Morgan fingerprint density at radius 1 is 1.10 bits per heavy atom. The smallest absolute Gasteiger partial charge is 0.224 e. The van der Waals surface area contributed by atoms with Crippen molar-refractivity contribution in [2.45, 2.75) is 57.4 Å². The second kappa shape index (κ2) is 7.62. The molecule has 1 saturated carbocycles. The van der Waals surface area contributed by atoms with Gasteiger partial charge in [0.1, 0.15) is 0 Å². The highest BCUT2D eigenvalue weighted by molar-refractivity contribution is 5.79. The van der Waals surface area contributed by atoms with Crippen LogP contribution in [-0.4, -0.2) is 42.4 Å². The van der Waals surface area contributed by atoms with Gasteiger partial charge in [-0.1, -0.05) is 0 Å². The highest BCUT2D eigenvalue weighted by Gasteiger charge is 2.21. The van der Waals surface area contributed by atoms with Gasteiger partial charge in [-0.25, -0.2) is 0 Å². The van der Waals surface area contributed by atoms with E-state index in [9.17, 15) is 9.59 Å². The summed E-state index contributed by atoms with van der Waals surface area (Å²) >= 11 is 0. The molecule has 0 aromatic carbocycles. The fraction of sp³-hybridized carbons (Fsp3) is 0.867. The van der Waals surface area contributed by atoms with E-state index < -0.39 is 0 Å². The normalized spacial score (nSPS) is 26.6. The molecule has 0 spiro atoms. The molecule has 2 aliphatic rings. The summed E-state index contributed by atoms with van der Waals surface area (Å²) in [5.74, 6) is 0.732. The molecule has 1 aliphatic carbocycles. The number of hydrogen-bond donors (Lipinski definition) is 2. The first-order valence-electron chi connectivity index (χ1n) is 7.95. The molecule has 2 rings (SSSR count). The van der Waals surface area contributed by atoms with E-state index in [0.717, 1.165) is 51.6 Å². The maximum atomic E-state index is 11.8. The number of rotatable bonds is 5. The maximum Gasteiger partial charge on any atom is 0.224 e. The number of nitrogens with two attached hydrogens (primary N) is 1. The van der Waals surface area contributed by atoms with Gasteiger partial charge in [0, 0.05) is 38.5 Å². The van der Waals surface area contributed by atoms with Crippen LogP contribution in [-0.2, 0) is 9.59 Å². The highest BCUT2D eigenvalue weighted by atomic mass is 16.2. The van der Waals surface area contributed by atoms with Crippen molar-refractivity contribution in [1.82, 2.24) is 10.2 Å². The lowest BCUT2D eigenvalue weighted by atomic mass is 9.84. The van der Waals surface area contributed by atoms with Crippen LogP contribution in [0.4, 0.5) is 0 Å². The average molecular weight is 281 g/mol. The van der Waals surface area contributed by atoms with Crippen molar-refractivity contribution < 1.29 is 9.59 Å². The molecule has 0 atom stereocenters. The minimum Gasteiger partial charge on any atom is -0.356 e. The predicted octanol–water partition coefficient (Wildman–Crippen LogP) is 1.02. The molecular formula is C15H27N3O2. The van der Waals surface area contributed by atoms with Crippen molar-refractivity contribution in [2.75, 3.05) is 19.6 Å². The SMILES string of the molecule is NC1CCC(CC(=O)NCCC(=O)N2CCCC2)CC1. The van der Waals surface area contributed by atoms with Gasteiger partial charge in [0.05, 0.1) is 0 Å². The molecule has 3 N–H and O–H groups in total.